The molecule has 0 bridgehead atoms. The maximum Gasteiger partial charge on any atom is 0.261 e. The average Bonchev–Trinajstić information content (AvgIpc) is 2.61. The summed E-state index contributed by atoms with van der Waals surface area (Å²) in [7, 11) is 2.76. The number of hydrogen-bond acceptors (Lipinski definition) is 4. The Morgan fingerprint density at radius 1 is 1.17 bits per heavy atom. The smallest absolute Gasteiger partial charge is 0.261 e. The van der Waals surface area contributed by atoms with Crippen molar-refractivity contribution in [1.29, 1.82) is 0 Å². The van der Waals surface area contributed by atoms with Crippen molar-refractivity contribution in [2.75, 3.05) is 47.0 Å². The summed E-state index contributed by atoms with van der Waals surface area (Å²) in [6, 6.07) is 1.77. The second-order valence-corrected chi connectivity index (χ2v) is 7.93. The molecule has 0 aliphatic carbocycles. The maximum atomic E-state index is 14.7. The highest BCUT2D eigenvalue weighted by Crippen LogP contribution is 2.45. The summed E-state index contributed by atoms with van der Waals surface area (Å²) in [6.45, 7) is 0.583. The molecule has 0 unspecified atom stereocenters. The fourth-order valence-corrected chi connectivity index (χ4v) is 4.61. The standard InChI is InChI=1S/C20H26F4N2O3/c1-28-7-6-26-5-3-4-19(18(26)27)11-20(23,24)13-25(12-19)10-14-8-15(21)9-16(22)17(14)29-2/h8-9H,3-7,10-13H2,1-2H3/t19-/m1/s1. The zero-order chi connectivity index (χ0) is 21.2. The van der Waals surface area contributed by atoms with Crippen molar-refractivity contribution in [3.8, 4) is 5.75 Å². The van der Waals surface area contributed by atoms with Gasteiger partial charge in [0.25, 0.3) is 5.92 Å². The predicted molar refractivity (Wildman–Crippen MR) is 97.9 cm³/mol. The second kappa shape index (κ2) is 8.47. The Bertz CT molecular complexity index is 761. The highest BCUT2D eigenvalue weighted by Gasteiger charge is 2.55. The zero-order valence-electron chi connectivity index (χ0n) is 16.6. The van der Waals surface area contributed by atoms with Gasteiger partial charge in [0.1, 0.15) is 5.82 Å². The van der Waals surface area contributed by atoms with Crippen LogP contribution in [-0.4, -0.2) is 68.6 Å². The molecule has 0 N–H and O–H groups in total. The first-order valence-electron chi connectivity index (χ1n) is 9.60. The number of carbonyl (C=O) groups excluding carboxylic acids is 1. The summed E-state index contributed by atoms with van der Waals surface area (Å²) < 4.78 is 67.0. The molecule has 0 saturated carbocycles. The van der Waals surface area contributed by atoms with Crippen molar-refractivity contribution in [3.63, 3.8) is 0 Å². The van der Waals surface area contributed by atoms with Gasteiger partial charge in [0, 0.05) is 51.3 Å². The molecular formula is C20H26F4N2O3. The first kappa shape index (κ1) is 21.8. The highest BCUT2D eigenvalue weighted by molar-refractivity contribution is 5.84. The fraction of sp³-hybridized carbons (Fsp3) is 0.650. The molecule has 2 saturated heterocycles. The largest absolute Gasteiger partial charge is 0.493 e. The molecule has 9 heteroatoms. The van der Waals surface area contributed by atoms with Gasteiger partial charge in [-0.15, -0.1) is 0 Å². The maximum absolute atomic E-state index is 14.7. The molecular weight excluding hydrogens is 392 g/mol. The molecule has 2 heterocycles. The van der Waals surface area contributed by atoms with Crippen LogP contribution in [0.3, 0.4) is 0 Å². The summed E-state index contributed by atoms with van der Waals surface area (Å²) in [5, 5.41) is 0. The number of carbonyl (C=O) groups is 1. The van der Waals surface area contributed by atoms with Crippen LogP contribution >= 0.6 is 0 Å². The second-order valence-electron chi connectivity index (χ2n) is 7.93. The lowest BCUT2D eigenvalue weighted by atomic mass is 9.71. The number of likely N-dealkylation sites (tertiary alicyclic amines) is 2. The van der Waals surface area contributed by atoms with E-state index in [0.29, 0.717) is 38.6 Å². The highest BCUT2D eigenvalue weighted by atomic mass is 19.3. The van der Waals surface area contributed by atoms with Crippen molar-refractivity contribution in [2.45, 2.75) is 31.7 Å². The number of rotatable bonds is 6. The lowest BCUT2D eigenvalue weighted by molar-refractivity contribution is -0.170. The van der Waals surface area contributed by atoms with Gasteiger partial charge in [-0.2, -0.15) is 0 Å². The molecule has 1 atom stereocenters. The molecule has 0 radical (unpaired) electrons. The molecule has 2 aliphatic heterocycles. The van der Waals surface area contributed by atoms with Crippen LogP contribution in [0.2, 0.25) is 0 Å². The van der Waals surface area contributed by atoms with Crippen LogP contribution in [0.15, 0.2) is 12.1 Å². The van der Waals surface area contributed by atoms with Crippen molar-refractivity contribution in [2.24, 2.45) is 5.41 Å². The van der Waals surface area contributed by atoms with Gasteiger partial charge in [0.15, 0.2) is 11.6 Å². The normalized spacial score (nSPS) is 24.9. The third-order valence-electron chi connectivity index (χ3n) is 5.65. The Morgan fingerprint density at radius 3 is 2.62 bits per heavy atom. The van der Waals surface area contributed by atoms with E-state index in [0.717, 1.165) is 6.07 Å². The quantitative estimate of drug-likeness (QED) is 0.666. The monoisotopic (exact) mass is 418 g/mol. The van der Waals surface area contributed by atoms with Crippen molar-refractivity contribution in [3.05, 3.63) is 29.3 Å². The van der Waals surface area contributed by atoms with E-state index in [1.165, 1.54) is 19.1 Å². The van der Waals surface area contributed by atoms with E-state index in [1.54, 1.807) is 4.90 Å². The molecule has 0 aromatic heterocycles. The van der Waals surface area contributed by atoms with Gasteiger partial charge >= 0.3 is 0 Å². The lowest BCUT2D eigenvalue weighted by Crippen LogP contribution is -2.61. The Hall–Kier alpha value is -1.87. The summed E-state index contributed by atoms with van der Waals surface area (Å²) in [5.41, 5.74) is -1.08. The number of alkyl halides is 2. The number of methoxy groups -OCH3 is 2. The Labute approximate surface area is 167 Å². The number of hydrogen-bond donors (Lipinski definition) is 0. The summed E-state index contributed by atoms with van der Waals surface area (Å²) in [5.74, 6) is -5.26. The first-order valence-corrected chi connectivity index (χ1v) is 9.60. The molecule has 162 valence electrons. The molecule has 29 heavy (non-hydrogen) atoms. The molecule has 1 spiro atoms. The van der Waals surface area contributed by atoms with Gasteiger partial charge < -0.3 is 14.4 Å². The molecule has 3 rings (SSSR count). The van der Waals surface area contributed by atoms with Gasteiger partial charge in [0.05, 0.1) is 25.7 Å². The van der Waals surface area contributed by atoms with Crippen molar-refractivity contribution >= 4 is 5.91 Å². The average molecular weight is 418 g/mol. The van der Waals surface area contributed by atoms with Crippen LogP contribution in [0.4, 0.5) is 17.6 Å². The Morgan fingerprint density at radius 2 is 1.93 bits per heavy atom. The molecule has 1 amide bonds. The molecule has 1 aromatic rings. The zero-order valence-corrected chi connectivity index (χ0v) is 16.6. The van der Waals surface area contributed by atoms with Crippen LogP contribution in [-0.2, 0) is 16.1 Å². The minimum absolute atomic E-state index is 0.103. The van der Waals surface area contributed by atoms with E-state index in [9.17, 15) is 22.4 Å². The third-order valence-corrected chi connectivity index (χ3v) is 5.65. The van der Waals surface area contributed by atoms with E-state index in [-0.39, 0.29) is 30.3 Å². The van der Waals surface area contributed by atoms with Gasteiger partial charge in [-0.05, 0) is 18.9 Å². The SMILES string of the molecule is COCCN1CCC[C@@]2(CN(Cc3cc(F)cc(F)c3OC)CC(F)(F)C2)C1=O. The number of piperidine rings is 2. The summed E-state index contributed by atoms with van der Waals surface area (Å²) >= 11 is 0. The minimum Gasteiger partial charge on any atom is -0.493 e. The van der Waals surface area contributed by atoms with E-state index in [4.69, 9.17) is 9.47 Å². The molecule has 5 nitrogen and oxygen atoms in total. The predicted octanol–water partition coefficient (Wildman–Crippen LogP) is 3.07. The topological polar surface area (TPSA) is 42.0 Å². The van der Waals surface area contributed by atoms with Gasteiger partial charge in [0.2, 0.25) is 5.91 Å². The fourth-order valence-electron chi connectivity index (χ4n) is 4.61. The number of ether oxygens (including phenoxy) is 2. The van der Waals surface area contributed by atoms with E-state index < -0.39 is 35.9 Å². The van der Waals surface area contributed by atoms with Gasteiger partial charge in [-0.1, -0.05) is 0 Å². The van der Waals surface area contributed by atoms with E-state index in [1.807, 2.05) is 0 Å². The summed E-state index contributed by atoms with van der Waals surface area (Å²) in [4.78, 5) is 16.1. The Balaban J connectivity index is 1.86. The molecule has 2 aliphatic rings. The van der Waals surface area contributed by atoms with Crippen LogP contribution in [0.5, 0.6) is 5.75 Å². The Kier molecular flexibility index (Phi) is 6.38. The lowest BCUT2D eigenvalue weighted by Gasteiger charge is -2.49. The third kappa shape index (κ3) is 4.66. The van der Waals surface area contributed by atoms with E-state index >= 15 is 0 Å². The van der Waals surface area contributed by atoms with Gasteiger partial charge in [-0.25, -0.2) is 17.6 Å². The van der Waals surface area contributed by atoms with Crippen LogP contribution in [0.25, 0.3) is 0 Å². The molecule has 2 fully saturated rings. The number of amides is 1. The van der Waals surface area contributed by atoms with Gasteiger partial charge in [-0.3, -0.25) is 9.69 Å². The molecule has 1 aromatic carbocycles. The number of benzene rings is 1. The van der Waals surface area contributed by atoms with Crippen LogP contribution < -0.4 is 4.74 Å². The first-order chi connectivity index (χ1) is 13.7. The summed E-state index contributed by atoms with van der Waals surface area (Å²) in [6.07, 6.45) is 0.459. The van der Waals surface area contributed by atoms with Crippen LogP contribution in [0.1, 0.15) is 24.8 Å². The van der Waals surface area contributed by atoms with Crippen LogP contribution in [0, 0.1) is 17.0 Å². The van der Waals surface area contributed by atoms with Crippen molar-refractivity contribution < 1.29 is 31.8 Å². The minimum atomic E-state index is -3.09. The number of nitrogens with zero attached hydrogens (tertiary/aromatic N) is 2. The van der Waals surface area contributed by atoms with E-state index in [2.05, 4.69) is 0 Å². The van der Waals surface area contributed by atoms with Crippen molar-refractivity contribution in [1.82, 2.24) is 9.80 Å². The number of halogens is 4.